The minimum atomic E-state index is -0.126. The van der Waals surface area contributed by atoms with Gasteiger partial charge in [0.1, 0.15) is 5.82 Å². The molecule has 0 aliphatic heterocycles. The third kappa shape index (κ3) is 3.93. The minimum Gasteiger partial charge on any atom is -0.308 e. The Morgan fingerprint density at radius 2 is 1.75 bits per heavy atom. The van der Waals surface area contributed by atoms with Gasteiger partial charge in [-0.2, -0.15) is 0 Å². The molecule has 0 aliphatic rings. The SMILES string of the molecule is CC(C)CC(C)N[C@H](C)c1ccccc1F. The van der Waals surface area contributed by atoms with Crippen LogP contribution in [0.25, 0.3) is 0 Å². The van der Waals surface area contributed by atoms with Crippen LogP contribution in [0.15, 0.2) is 24.3 Å². The van der Waals surface area contributed by atoms with Gasteiger partial charge >= 0.3 is 0 Å². The molecule has 1 aromatic rings. The Morgan fingerprint density at radius 3 is 2.31 bits per heavy atom. The lowest BCUT2D eigenvalue weighted by atomic mass is 10.0. The molecule has 0 fully saturated rings. The maximum absolute atomic E-state index is 13.5. The van der Waals surface area contributed by atoms with Gasteiger partial charge in [-0.1, -0.05) is 32.0 Å². The van der Waals surface area contributed by atoms with Crippen LogP contribution < -0.4 is 5.32 Å². The lowest BCUT2D eigenvalue weighted by Gasteiger charge is -2.22. The van der Waals surface area contributed by atoms with Crippen molar-refractivity contribution in [1.29, 1.82) is 0 Å². The molecule has 90 valence electrons. The first-order chi connectivity index (χ1) is 7.50. The molecule has 0 bridgehead atoms. The fourth-order valence-corrected chi connectivity index (χ4v) is 2.12. The monoisotopic (exact) mass is 223 g/mol. The van der Waals surface area contributed by atoms with Gasteiger partial charge in [0.15, 0.2) is 0 Å². The largest absolute Gasteiger partial charge is 0.308 e. The minimum absolute atomic E-state index is 0.0648. The number of halogens is 1. The van der Waals surface area contributed by atoms with E-state index in [1.165, 1.54) is 6.07 Å². The van der Waals surface area contributed by atoms with Crippen LogP contribution in [0.3, 0.4) is 0 Å². The molecule has 0 saturated carbocycles. The normalized spacial score (nSPS) is 15.1. The summed E-state index contributed by atoms with van der Waals surface area (Å²) in [7, 11) is 0. The van der Waals surface area contributed by atoms with E-state index in [-0.39, 0.29) is 11.9 Å². The Morgan fingerprint density at radius 1 is 1.12 bits per heavy atom. The average molecular weight is 223 g/mol. The molecular formula is C14H22FN. The maximum atomic E-state index is 13.5. The maximum Gasteiger partial charge on any atom is 0.127 e. The van der Waals surface area contributed by atoms with Crippen LogP contribution in [-0.4, -0.2) is 6.04 Å². The van der Waals surface area contributed by atoms with Crippen LogP contribution in [0.5, 0.6) is 0 Å². The van der Waals surface area contributed by atoms with Crippen molar-refractivity contribution in [2.24, 2.45) is 5.92 Å². The standard InChI is InChI=1S/C14H22FN/c1-10(2)9-11(3)16-12(4)13-7-5-6-8-14(13)15/h5-8,10-12,16H,9H2,1-4H3/t11?,12-/m1/s1. The predicted octanol–water partition coefficient (Wildman–Crippen LogP) is 3.91. The summed E-state index contributed by atoms with van der Waals surface area (Å²) in [4.78, 5) is 0. The van der Waals surface area contributed by atoms with E-state index in [1.54, 1.807) is 6.07 Å². The molecule has 0 amide bonds. The number of rotatable bonds is 5. The highest BCUT2D eigenvalue weighted by Gasteiger charge is 2.13. The first-order valence-electron chi connectivity index (χ1n) is 6.01. The van der Waals surface area contributed by atoms with Gasteiger partial charge in [-0.3, -0.25) is 0 Å². The first kappa shape index (κ1) is 13.2. The van der Waals surface area contributed by atoms with Gasteiger partial charge in [-0.25, -0.2) is 4.39 Å². The second kappa shape index (κ2) is 6.00. The van der Waals surface area contributed by atoms with Crippen LogP contribution in [0.1, 0.15) is 45.7 Å². The second-order valence-corrected chi connectivity index (χ2v) is 4.94. The van der Waals surface area contributed by atoms with Gasteiger partial charge in [-0.15, -0.1) is 0 Å². The predicted molar refractivity (Wildman–Crippen MR) is 66.9 cm³/mol. The van der Waals surface area contributed by atoms with Crippen molar-refractivity contribution in [2.45, 2.75) is 46.2 Å². The van der Waals surface area contributed by atoms with E-state index < -0.39 is 0 Å². The van der Waals surface area contributed by atoms with E-state index in [9.17, 15) is 4.39 Å². The van der Waals surface area contributed by atoms with Crippen LogP contribution in [0.2, 0.25) is 0 Å². The zero-order valence-corrected chi connectivity index (χ0v) is 10.6. The number of benzene rings is 1. The summed E-state index contributed by atoms with van der Waals surface area (Å²) in [5, 5.41) is 3.43. The summed E-state index contributed by atoms with van der Waals surface area (Å²) < 4.78 is 13.5. The molecule has 0 aliphatic carbocycles. The van der Waals surface area contributed by atoms with Crippen molar-refractivity contribution in [3.8, 4) is 0 Å². The molecule has 0 radical (unpaired) electrons. The highest BCUT2D eigenvalue weighted by atomic mass is 19.1. The lowest BCUT2D eigenvalue weighted by Crippen LogP contribution is -2.30. The van der Waals surface area contributed by atoms with Crippen molar-refractivity contribution in [3.63, 3.8) is 0 Å². The first-order valence-corrected chi connectivity index (χ1v) is 6.01. The van der Waals surface area contributed by atoms with E-state index in [4.69, 9.17) is 0 Å². The van der Waals surface area contributed by atoms with Crippen LogP contribution in [0.4, 0.5) is 4.39 Å². The molecule has 1 nitrogen and oxygen atoms in total. The molecule has 0 aromatic heterocycles. The Bertz CT molecular complexity index is 322. The fraction of sp³-hybridized carbons (Fsp3) is 0.571. The summed E-state index contributed by atoms with van der Waals surface area (Å²) >= 11 is 0. The molecule has 1 unspecified atom stereocenters. The van der Waals surface area contributed by atoms with Gasteiger partial charge in [0.05, 0.1) is 0 Å². The summed E-state index contributed by atoms with van der Waals surface area (Å²) in [5.41, 5.74) is 0.748. The Labute approximate surface area is 98.1 Å². The van der Waals surface area contributed by atoms with Gasteiger partial charge in [0, 0.05) is 17.6 Å². The number of hydrogen-bond donors (Lipinski definition) is 1. The van der Waals surface area contributed by atoms with E-state index in [0.29, 0.717) is 12.0 Å². The van der Waals surface area contributed by atoms with E-state index >= 15 is 0 Å². The average Bonchev–Trinajstić information content (AvgIpc) is 2.16. The second-order valence-electron chi connectivity index (χ2n) is 4.94. The van der Waals surface area contributed by atoms with E-state index in [1.807, 2.05) is 19.1 Å². The van der Waals surface area contributed by atoms with Crippen molar-refractivity contribution in [3.05, 3.63) is 35.6 Å². The Hall–Kier alpha value is -0.890. The summed E-state index contributed by atoms with van der Waals surface area (Å²) in [6, 6.07) is 7.44. The molecule has 0 saturated heterocycles. The Balaban J connectivity index is 2.58. The molecule has 1 N–H and O–H groups in total. The quantitative estimate of drug-likeness (QED) is 0.798. The van der Waals surface area contributed by atoms with E-state index in [0.717, 1.165) is 12.0 Å². The molecular weight excluding hydrogens is 201 g/mol. The highest BCUT2D eigenvalue weighted by Crippen LogP contribution is 2.17. The van der Waals surface area contributed by atoms with Crippen LogP contribution in [-0.2, 0) is 0 Å². The van der Waals surface area contributed by atoms with Crippen LogP contribution >= 0.6 is 0 Å². The van der Waals surface area contributed by atoms with Crippen molar-refractivity contribution in [2.75, 3.05) is 0 Å². The van der Waals surface area contributed by atoms with Gasteiger partial charge < -0.3 is 5.32 Å². The molecule has 1 aromatic carbocycles. The lowest BCUT2D eigenvalue weighted by molar-refractivity contribution is 0.400. The summed E-state index contributed by atoms with van der Waals surface area (Å²) in [6.45, 7) is 8.56. The zero-order chi connectivity index (χ0) is 12.1. The molecule has 2 atom stereocenters. The summed E-state index contributed by atoms with van der Waals surface area (Å²) in [6.07, 6.45) is 1.11. The topological polar surface area (TPSA) is 12.0 Å². The van der Waals surface area contributed by atoms with E-state index in [2.05, 4.69) is 26.1 Å². The van der Waals surface area contributed by atoms with Crippen LogP contribution in [0, 0.1) is 11.7 Å². The Kier molecular flexibility index (Phi) is 4.94. The molecule has 1 rings (SSSR count). The van der Waals surface area contributed by atoms with Gasteiger partial charge in [-0.05, 0) is 32.3 Å². The highest BCUT2D eigenvalue weighted by molar-refractivity contribution is 5.20. The third-order valence-corrected chi connectivity index (χ3v) is 2.73. The molecule has 2 heteroatoms. The number of nitrogens with one attached hydrogen (secondary N) is 1. The summed E-state index contributed by atoms with van der Waals surface area (Å²) in [5.74, 6) is 0.537. The van der Waals surface area contributed by atoms with Gasteiger partial charge in [0.2, 0.25) is 0 Å². The fourth-order valence-electron chi connectivity index (χ4n) is 2.12. The molecule has 0 spiro atoms. The third-order valence-electron chi connectivity index (χ3n) is 2.73. The molecule has 0 heterocycles. The van der Waals surface area contributed by atoms with Crippen molar-refractivity contribution < 1.29 is 4.39 Å². The van der Waals surface area contributed by atoms with Crippen molar-refractivity contribution in [1.82, 2.24) is 5.32 Å². The van der Waals surface area contributed by atoms with Gasteiger partial charge in [0.25, 0.3) is 0 Å². The zero-order valence-electron chi connectivity index (χ0n) is 10.6. The molecule has 16 heavy (non-hydrogen) atoms. The van der Waals surface area contributed by atoms with Crippen molar-refractivity contribution >= 4 is 0 Å². The number of hydrogen-bond acceptors (Lipinski definition) is 1. The smallest absolute Gasteiger partial charge is 0.127 e.